The normalized spacial score (nSPS) is 13.2. The molecule has 0 bridgehead atoms. The van der Waals surface area contributed by atoms with E-state index < -0.39 is 8.07 Å². The maximum atomic E-state index is 6.22. The number of hydrogen-bond donors (Lipinski definition) is 0. The summed E-state index contributed by atoms with van der Waals surface area (Å²) in [7, 11) is 0.591. The van der Waals surface area contributed by atoms with Crippen molar-refractivity contribution in [1.29, 1.82) is 0 Å². The lowest BCUT2D eigenvalue weighted by Gasteiger charge is -2.16. The Morgan fingerprint density at radius 2 is 1.93 bits per heavy atom. The third-order valence-corrected chi connectivity index (χ3v) is 7.88. The fourth-order valence-corrected chi connectivity index (χ4v) is 5.02. The Kier molecular flexibility index (Phi) is 7.56. The van der Waals surface area contributed by atoms with E-state index in [1.54, 1.807) is 7.11 Å². The van der Waals surface area contributed by atoms with Gasteiger partial charge in [-0.05, 0) is 74.7 Å². The standard InChI is InChI=1S/C22H26BrIO4Si/c1-25-18-10-8-15(7-5-6-12-29(2,3)4)20(23)22(18)26-13-16-17(24)9-11-19-21(16)28-14-27-19/h5-6,8-11H,7,12-14H2,1-4H3/b6-5-. The van der Waals surface area contributed by atoms with Gasteiger partial charge in [0, 0.05) is 17.2 Å². The molecule has 0 fully saturated rings. The smallest absolute Gasteiger partial charge is 0.231 e. The SMILES string of the molecule is COc1ccc(C/C=C\C[Si](C)(C)C)c(Br)c1OCc1c(I)ccc2c1OCO2. The van der Waals surface area contributed by atoms with Crippen LogP contribution in [0.5, 0.6) is 23.0 Å². The van der Waals surface area contributed by atoms with Crippen molar-refractivity contribution in [2.24, 2.45) is 0 Å². The second kappa shape index (κ2) is 9.74. The largest absolute Gasteiger partial charge is 0.493 e. The molecular weight excluding hydrogens is 563 g/mol. The average Bonchev–Trinajstić information content (AvgIpc) is 3.14. The topological polar surface area (TPSA) is 36.9 Å². The van der Waals surface area contributed by atoms with E-state index in [1.807, 2.05) is 18.2 Å². The van der Waals surface area contributed by atoms with Gasteiger partial charge in [-0.15, -0.1) is 0 Å². The van der Waals surface area contributed by atoms with Crippen LogP contribution in [-0.4, -0.2) is 22.0 Å². The Morgan fingerprint density at radius 1 is 1.14 bits per heavy atom. The quantitative estimate of drug-likeness (QED) is 0.193. The first-order valence-corrected chi connectivity index (χ1v) is 15.1. The molecular formula is C22H26BrIO4Si. The summed E-state index contributed by atoms with van der Waals surface area (Å²) in [5.74, 6) is 2.93. The maximum absolute atomic E-state index is 6.22. The van der Waals surface area contributed by atoms with Crippen molar-refractivity contribution >= 4 is 46.6 Å². The van der Waals surface area contributed by atoms with Crippen LogP contribution in [0.1, 0.15) is 11.1 Å². The van der Waals surface area contributed by atoms with Gasteiger partial charge in [-0.25, -0.2) is 0 Å². The molecule has 0 saturated heterocycles. The minimum atomic E-state index is -1.06. The molecule has 0 spiro atoms. The first-order valence-electron chi connectivity index (χ1n) is 9.50. The highest BCUT2D eigenvalue weighted by Crippen LogP contribution is 2.42. The minimum absolute atomic E-state index is 0.245. The van der Waals surface area contributed by atoms with E-state index in [0.717, 1.165) is 31.5 Å². The Labute approximate surface area is 195 Å². The first kappa shape index (κ1) is 22.5. The monoisotopic (exact) mass is 588 g/mol. The van der Waals surface area contributed by atoms with Gasteiger partial charge in [-0.3, -0.25) is 0 Å². The van der Waals surface area contributed by atoms with Crippen LogP contribution in [0.25, 0.3) is 0 Å². The third kappa shape index (κ3) is 5.70. The van der Waals surface area contributed by atoms with Crippen LogP contribution in [0.15, 0.2) is 40.9 Å². The van der Waals surface area contributed by atoms with E-state index in [2.05, 4.69) is 76.4 Å². The summed E-state index contributed by atoms with van der Waals surface area (Å²) in [5, 5.41) is 0. The van der Waals surface area contributed by atoms with Crippen LogP contribution in [0.3, 0.4) is 0 Å². The number of halogens is 2. The molecule has 156 valence electrons. The number of benzene rings is 2. The molecule has 1 aliphatic rings. The zero-order chi connectivity index (χ0) is 21.0. The highest BCUT2D eigenvalue weighted by atomic mass is 127. The lowest BCUT2D eigenvalue weighted by atomic mass is 10.1. The van der Waals surface area contributed by atoms with Gasteiger partial charge in [0.1, 0.15) is 6.61 Å². The number of rotatable bonds is 8. The van der Waals surface area contributed by atoms with Gasteiger partial charge in [0.25, 0.3) is 0 Å². The number of ether oxygens (including phenoxy) is 4. The van der Waals surface area contributed by atoms with E-state index in [1.165, 1.54) is 11.6 Å². The van der Waals surface area contributed by atoms with Gasteiger partial charge in [0.2, 0.25) is 6.79 Å². The van der Waals surface area contributed by atoms with E-state index in [4.69, 9.17) is 18.9 Å². The molecule has 0 unspecified atom stereocenters. The molecule has 0 saturated carbocycles. The van der Waals surface area contributed by atoms with Crippen molar-refractivity contribution < 1.29 is 18.9 Å². The van der Waals surface area contributed by atoms with Crippen molar-refractivity contribution in [3.05, 3.63) is 55.6 Å². The highest BCUT2D eigenvalue weighted by molar-refractivity contribution is 14.1. The number of methoxy groups -OCH3 is 1. The molecule has 29 heavy (non-hydrogen) atoms. The molecule has 2 aromatic rings. The van der Waals surface area contributed by atoms with Crippen LogP contribution in [0.4, 0.5) is 0 Å². The number of hydrogen-bond acceptors (Lipinski definition) is 4. The lowest BCUT2D eigenvalue weighted by molar-refractivity contribution is 0.171. The molecule has 0 atom stereocenters. The molecule has 0 aromatic heterocycles. The summed E-state index contributed by atoms with van der Waals surface area (Å²) in [6.45, 7) is 7.75. The van der Waals surface area contributed by atoms with Gasteiger partial charge >= 0.3 is 0 Å². The van der Waals surface area contributed by atoms with E-state index in [0.29, 0.717) is 18.1 Å². The Bertz CT molecular complexity index is 909. The number of fused-ring (bicyclic) bond motifs is 1. The molecule has 2 aromatic carbocycles. The van der Waals surface area contributed by atoms with Gasteiger partial charge in [0.05, 0.1) is 11.6 Å². The lowest BCUT2D eigenvalue weighted by Crippen LogP contribution is -2.17. The Morgan fingerprint density at radius 3 is 2.66 bits per heavy atom. The molecule has 0 amide bonds. The molecule has 0 aliphatic carbocycles. The van der Waals surface area contributed by atoms with Gasteiger partial charge in [0.15, 0.2) is 23.0 Å². The summed E-state index contributed by atoms with van der Waals surface area (Å²) >= 11 is 6.03. The molecule has 1 aliphatic heterocycles. The Balaban J connectivity index is 1.79. The highest BCUT2D eigenvalue weighted by Gasteiger charge is 2.22. The van der Waals surface area contributed by atoms with E-state index in [-0.39, 0.29) is 6.79 Å². The van der Waals surface area contributed by atoms with Crippen LogP contribution in [0, 0.1) is 3.57 Å². The van der Waals surface area contributed by atoms with Gasteiger partial charge in [-0.2, -0.15) is 0 Å². The molecule has 7 heteroatoms. The fourth-order valence-electron chi connectivity index (χ4n) is 2.96. The second-order valence-corrected chi connectivity index (χ2v) is 15.5. The van der Waals surface area contributed by atoms with Crippen molar-refractivity contribution in [3.8, 4) is 23.0 Å². The fraction of sp³-hybridized carbons (Fsp3) is 0.364. The van der Waals surface area contributed by atoms with Crippen molar-refractivity contribution in [2.75, 3.05) is 13.9 Å². The summed E-state index contributed by atoms with van der Waals surface area (Å²) in [6.07, 6.45) is 5.39. The van der Waals surface area contributed by atoms with E-state index in [9.17, 15) is 0 Å². The van der Waals surface area contributed by atoms with Crippen molar-refractivity contribution in [1.82, 2.24) is 0 Å². The molecule has 0 radical (unpaired) electrons. The molecule has 0 N–H and O–H groups in total. The van der Waals surface area contributed by atoms with Crippen LogP contribution >= 0.6 is 38.5 Å². The van der Waals surface area contributed by atoms with Crippen LogP contribution in [-0.2, 0) is 13.0 Å². The molecule has 1 heterocycles. The summed E-state index contributed by atoms with van der Waals surface area (Å²) in [4.78, 5) is 0. The predicted molar refractivity (Wildman–Crippen MR) is 131 cm³/mol. The first-order chi connectivity index (χ1) is 13.8. The number of allylic oxidation sites excluding steroid dienone is 2. The van der Waals surface area contributed by atoms with Gasteiger partial charge in [-0.1, -0.05) is 37.9 Å². The minimum Gasteiger partial charge on any atom is -0.493 e. The third-order valence-electron chi connectivity index (χ3n) is 4.54. The summed E-state index contributed by atoms with van der Waals surface area (Å²) < 4.78 is 24.9. The average molecular weight is 589 g/mol. The molecule has 4 nitrogen and oxygen atoms in total. The van der Waals surface area contributed by atoms with Gasteiger partial charge < -0.3 is 18.9 Å². The zero-order valence-electron chi connectivity index (χ0n) is 17.2. The predicted octanol–water partition coefficient (Wildman–Crippen LogP) is 6.81. The molecule has 3 rings (SSSR count). The maximum Gasteiger partial charge on any atom is 0.231 e. The van der Waals surface area contributed by atoms with Crippen molar-refractivity contribution in [3.63, 3.8) is 0 Å². The second-order valence-electron chi connectivity index (χ2n) is 8.06. The Hall–Kier alpha value is -1.19. The van der Waals surface area contributed by atoms with Crippen molar-refractivity contribution in [2.45, 2.75) is 38.7 Å². The van der Waals surface area contributed by atoms with Crippen LogP contribution < -0.4 is 18.9 Å². The summed E-state index contributed by atoms with van der Waals surface area (Å²) in [5.41, 5.74) is 2.15. The summed E-state index contributed by atoms with van der Waals surface area (Å²) in [6, 6.07) is 9.16. The zero-order valence-corrected chi connectivity index (χ0v) is 21.9. The van der Waals surface area contributed by atoms with E-state index >= 15 is 0 Å². The van der Waals surface area contributed by atoms with Crippen LogP contribution in [0.2, 0.25) is 25.7 Å².